The molecule has 14 heavy (non-hydrogen) atoms. The Balaban J connectivity index is 2.24. The molecule has 0 N–H and O–H groups in total. The molecule has 0 bridgehead atoms. The van der Waals surface area contributed by atoms with E-state index < -0.39 is 0 Å². The zero-order valence-electron chi connectivity index (χ0n) is 7.97. The van der Waals surface area contributed by atoms with Gasteiger partial charge in [-0.2, -0.15) is 0 Å². The average Bonchev–Trinajstić information content (AvgIpc) is 2.23. The fourth-order valence-electron chi connectivity index (χ4n) is 1.19. The molecule has 0 aliphatic carbocycles. The lowest BCUT2D eigenvalue weighted by Crippen LogP contribution is -1.88. The van der Waals surface area contributed by atoms with Crippen LogP contribution >= 0.6 is 0 Å². The van der Waals surface area contributed by atoms with Gasteiger partial charge in [-0.05, 0) is 31.2 Å². The largest absolute Gasteiger partial charge is 0.455 e. The molecule has 2 heteroatoms. The molecule has 2 aromatic rings. The Morgan fingerprint density at radius 2 is 1.79 bits per heavy atom. The van der Waals surface area contributed by atoms with E-state index in [2.05, 4.69) is 4.98 Å². The van der Waals surface area contributed by atoms with E-state index in [9.17, 15) is 0 Å². The van der Waals surface area contributed by atoms with E-state index in [0.717, 1.165) is 17.2 Å². The van der Waals surface area contributed by atoms with Crippen LogP contribution in [0.4, 0.5) is 0 Å². The molecule has 2 rings (SSSR count). The third-order valence-electron chi connectivity index (χ3n) is 1.93. The fourth-order valence-corrected chi connectivity index (χ4v) is 1.19. The van der Waals surface area contributed by atoms with Crippen LogP contribution in [0.2, 0.25) is 0 Å². The summed E-state index contributed by atoms with van der Waals surface area (Å²) in [6.07, 6.45) is 1.76. The summed E-state index contributed by atoms with van der Waals surface area (Å²) >= 11 is 0. The summed E-state index contributed by atoms with van der Waals surface area (Å²) in [5, 5.41) is 0. The Bertz CT molecular complexity index is 412. The van der Waals surface area contributed by atoms with Crippen molar-refractivity contribution in [3.63, 3.8) is 0 Å². The number of benzene rings is 1. The van der Waals surface area contributed by atoms with E-state index in [-0.39, 0.29) is 0 Å². The minimum atomic E-state index is 0.804. The summed E-state index contributed by atoms with van der Waals surface area (Å²) in [6.45, 7) is 1.93. The zero-order chi connectivity index (χ0) is 9.80. The van der Waals surface area contributed by atoms with E-state index in [4.69, 9.17) is 4.74 Å². The highest BCUT2D eigenvalue weighted by Crippen LogP contribution is 2.22. The van der Waals surface area contributed by atoms with Gasteiger partial charge in [-0.15, -0.1) is 0 Å². The maximum atomic E-state index is 5.65. The first-order chi connectivity index (χ1) is 6.86. The van der Waals surface area contributed by atoms with Gasteiger partial charge < -0.3 is 4.74 Å². The summed E-state index contributed by atoms with van der Waals surface area (Å²) in [5.74, 6) is 1.64. The van der Waals surface area contributed by atoms with Crippen LogP contribution in [0.1, 0.15) is 5.69 Å². The van der Waals surface area contributed by atoms with E-state index in [1.165, 1.54) is 0 Å². The van der Waals surface area contributed by atoms with Gasteiger partial charge >= 0.3 is 0 Å². The summed E-state index contributed by atoms with van der Waals surface area (Å²) in [6, 6.07) is 13.5. The van der Waals surface area contributed by atoms with Crippen LogP contribution in [0.15, 0.2) is 48.7 Å². The fraction of sp³-hybridized carbons (Fsp3) is 0.0833. The number of hydrogen-bond donors (Lipinski definition) is 0. The maximum Gasteiger partial charge on any atom is 0.148 e. The van der Waals surface area contributed by atoms with Crippen LogP contribution < -0.4 is 4.74 Å². The second kappa shape index (κ2) is 3.92. The number of para-hydroxylation sites is 1. The van der Waals surface area contributed by atoms with Crippen molar-refractivity contribution >= 4 is 0 Å². The SMILES string of the molecule is Cc1ncccc1Oc1ccccc1. The van der Waals surface area contributed by atoms with Crippen molar-refractivity contribution in [1.29, 1.82) is 0 Å². The Hall–Kier alpha value is -1.83. The Kier molecular flexibility index (Phi) is 2.45. The van der Waals surface area contributed by atoms with E-state index in [0.29, 0.717) is 0 Å². The molecule has 0 unspecified atom stereocenters. The highest BCUT2D eigenvalue weighted by atomic mass is 16.5. The van der Waals surface area contributed by atoms with E-state index >= 15 is 0 Å². The van der Waals surface area contributed by atoms with Gasteiger partial charge in [-0.3, -0.25) is 4.98 Å². The van der Waals surface area contributed by atoms with Gasteiger partial charge in [0, 0.05) is 6.20 Å². The lowest BCUT2D eigenvalue weighted by atomic mass is 10.3. The zero-order valence-corrected chi connectivity index (χ0v) is 7.97. The maximum absolute atomic E-state index is 5.65. The minimum Gasteiger partial charge on any atom is -0.455 e. The molecule has 0 radical (unpaired) electrons. The van der Waals surface area contributed by atoms with Crippen molar-refractivity contribution < 1.29 is 4.74 Å². The summed E-state index contributed by atoms with van der Waals surface area (Å²) in [7, 11) is 0. The first-order valence-electron chi connectivity index (χ1n) is 4.51. The molecule has 0 amide bonds. The van der Waals surface area contributed by atoms with Crippen molar-refractivity contribution in [2.45, 2.75) is 6.92 Å². The topological polar surface area (TPSA) is 22.1 Å². The molecule has 0 spiro atoms. The monoisotopic (exact) mass is 185 g/mol. The third kappa shape index (κ3) is 1.91. The number of nitrogens with zero attached hydrogens (tertiary/aromatic N) is 1. The van der Waals surface area contributed by atoms with Crippen molar-refractivity contribution in [2.24, 2.45) is 0 Å². The number of hydrogen-bond acceptors (Lipinski definition) is 2. The smallest absolute Gasteiger partial charge is 0.148 e. The molecule has 1 aromatic heterocycles. The van der Waals surface area contributed by atoms with Gasteiger partial charge in [-0.25, -0.2) is 0 Å². The van der Waals surface area contributed by atoms with Crippen LogP contribution in [0.5, 0.6) is 11.5 Å². The van der Waals surface area contributed by atoms with Gasteiger partial charge in [-0.1, -0.05) is 18.2 Å². The van der Waals surface area contributed by atoms with Gasteiger partial charge in [0.25, 0.3) is 0 Å². The highest BCUT2D eigenvalue weighted by molar-refractivity contribution is 5.32. The van der Waals surface area contributed by atoms with Crippen molar-refractivity contribution in [3.05, 3.63) is 54.4 Å². The number of aryl methyl sites for hydroxylation is 1. The molecular formula is C12H11NO. The first-order valence-corrected chi connectivity index (χ1v) is 4.51. The Morgan fingerprint density at radius 3 is 2.50 bits per heavy atom. The van der Waals surface area contributed by atoms with Crippen molar-refractivity contribution in [3.8, 4) is 11.5 Å². The lowest BCUT2D eigenvalue weighted by Gasteiger charge is -2.06. The van der Waals surface area contributed by atoms with Gasteiger partial charge in [0.15, 0.2) is 0 Å². The predicted octanol–water partition coefficient (Wildman–Crippen LogP) is 3.18. The van der Waals surface area contributed by atoms with Crippen LogP contribution in [0.25, 0.3) is 0 Å². The molecular weight excluding hydrogens is 174 g/mol. The van der Waals surface area contributed by atoms with Gasteiger partial charge in [0.1, 0.15) is 11.5 Å². The summed E-state index contributed by atoms with van der Waals surface area (Å²) < 4.78 is 5.65. The molecule has 2 nitrogen and oxygen atoms in total. The molecule has 0 fully saturated rings. The second-order valence-electron chi connectivity index (χ2n) is 3.00. The average molecular weight is 185 g/mol. The highest BCUT2D eigenvalue weighted by Gasteiger charge is 1.99. The number of rotatable bonds is 2. The molecule has 0 aliphatic heterocycles. The first kappa shape index (κ1) is 8.75. The lowest BCUT2D eigenvalue weighted by molar-refractivity contribution is 0.476. The number of pyridine rings is 1. The Labute approximate surface area is 83.2 Å². The molecule has 1 heterocycles. The quantitative estimate of drug-likeness (QED) is 0.716. The summed E-state index contributed by atoms with van der Waals surface area (Å²) in [4.78, 5) is 4.15. The van der Waals surface area contributed by atoms with Crippen LogP contribution in [0.3, 0.4) is 0 Å². The number of ether oxygens (including phenoxy) is 1. The molecule has 70 valence electrons. The molecule has 0 saturated heterocycles. The molecule has 0 saturated carbocycles. The van der Waals surface area contributed by atoms with E-state index in [1.807, 2.05) is 49.4 Å². The molecule has 1 aromatic carbocycles. The minimum absolute atomic E-state index is 0.804. The predicted molar refractivity (Wildman–Crippen MR) is 55.5 cm³/mol. The van der Waals surface area contributed by atoms with Crippen molar-refractivity contribution in [1.82, 2.24) is 4.98 Å². The van der Waals surface area contributed by atoms with Crippen LogP contribution in [0, 0.1) is 6.92 Å². The third-order valence-corrected chi connectivity index (χ3v) is 1.93. The normalized spacial score (nSPS) is 9.79. The summed E-state index contributed by atoms with van der Waals surface area (Å²) in [5.41, 5.74) is 0.899. The van der Waals surface area contributed by atoms with Gasteiger partial charge in [0.2, 0.25) is 0 Å². The van der Waals surface area contributed by atoms with Crippen LogP contribution in [-0.4, -0.2) is 4.98 Å². The molecule has 0 atom stereocenters. The number of aromatic nitrogens is 1. The second-order valence-corrected chi connectivity index (χ2v) is 3.00. The van der Waals surface area contributed by atoms with Crippen LogP contribution in [-0.2, 0) is 0 Å². The standard InChI is InChI=1S/C12H11NO/c1-10-12(8-5-9-13-10)14-11-6-3-2-4-7-11/h2-9H,1H3. The van der Waals surface area contributed by atoms with Gasteiger partial charge in [0.05, 0.1) is 5.69 Å². The molecule has 0 aliphatic rings. The van der Waals surface area contributed by atoms with E-state index in [1.54, 1.807) is 6.20 Å². The Morgan fingerprint density at radius 1 is 1.00 bits per heavy atom. The van der Waals surface area contributed by atoms with Crippen molar-refractivity contribution in [2.75, 3.05) is 0 Å².